The first-order valence-electron chi connectivity index (χ1n) is 8.46. The van der Waals surface area contributed by atoms with Crippen LogP contribution in [0, 0.1) is 13.8 Å². The van der Waals surface area contributed by atoms with E-state index >= 15 is 0 Å². The predicted molar refractivity (Wildman–Crippen MR) is 90.3 cm³/mol. The van der Waals surface area contributed by atoms with Gasteiger partial charge in [-0.3, -0.25) is 10.1 Å². The maximum Gasteiger partial charge on any atom is 0.0892 e. The highest BCUT2D eigenvalue weighted by Gasteiger charge is 2.21. The second-order valence-electron chi connectivity index (χ2n) is 6.36. The molecular weight excluding hydrogens is 288 g/mol. The number of aromatic amines is 1. The minimum absolute atomic E-state index is 0.317. The van der Waals surface area contributed by atoms with Gasteiger partial charge in [-0.05, 0) is 57.4 Å². The van der Waals surface area contributed by atoms with Crippen molar-refractivity contribution < 1.29 is 4.74 Å². The van der Waals surface area contributed by atoms with Crippen LogP contribution < -0.4 is 0 Å². The molecule has 0 aromatic carbocycles. The van der Waals surface area contributed by atoms with E-state index in [2.05, 4.69) is 33.9 Å². The van der Waals surface area contributed by atoms with Gasteiger partial charge in [0.25, 0.3) is 0 Å². The van der Waals surface area contributed by atoms with E-state index in [0.717, 1.165) is 37.3 Å². The average molecular weight is 314 g/mol. The zero-order valence-electron chi connectivity index (χ0n) is 14.1. The molecule has 3 rings (SSSR count). The van der Waals surface area contributed by atoms with E-state index in [4.69, 9.17) is 4.74 Å². The molecule has 1 saturated heterocycles. The molecule has 1 aliphatic rings. The molecule has 1 fully saturated rings. The number of hydrogen-bond donors (Lipinski definition) is 1. The molecule has 0 amide bonds. The zero-order valence-corrected chi connectivity index (χ0v) is 14.1. The highest BCUT2D eigenvalue weighted by Crippen LogP contribution is 2.17. The summed E-state index contributed by atoms with van der Waals surface area (Å²) in [6, 6.07) is 5.96. The summed E-state index contributed by atoms with van der Waals surface area (Å²) in [6.07, 6.45) is 5.55. The van der Waals surface area contributed by atoms with E-state index < -0.39 is 0 Å². The summed E-state index contributed by atoms with van der Waals surface area (Å²) in [7, 11) is 0. The van der Waals surface area contributed by atoms with Gasteiger partial charge in [0.2, 0.25) is 0 Å². The van der Waals surface area contributed by atoms with E-state index in [1.54, 1.807) is 0 Å². The minimum atomic E-state index is 0.317. The van der Waals surface area contributed by atoms with Gasteiger partial charge in [-0.15, -0.1) is 0 Å². The van der Waals surface area contributed by atoms with Crippen LogP contribution in [0.3, 0.4) is 0 Å². The number of aryl methyl sites for hydroxylation is 2. The van der Waals surface area contributed by atoms with Crippen molar-refractivity contribution in [1.29, 1.82) is 0 Å². The Morgan fingerprint density at radius 3 is 3.00 bits per heavy atom. The predicted octanol–water partition coefficient (Wildman–Crippen LogP) is 2.65. The van der Waals surface area contributed by atoms with Crippen molar-refractivity contribution in [3.8, 4) is 0 Å². The smallest absolute Gasteiger partial charge is 0.0892 e. The van der Waals surface area contributed by atoms with Gasteiger partial charge in [0.15, 0.2) is 0 Å². The summed E-state index contributed by atoms with van der Waals surface area (Å²) in [4.78, 5) is 6.83. The monoisotopic (exact) mass is 314 g/mol. The second-order valence-corrected chi connectivity index (χ2v) is 6.36. The highest BCUT2D eigenvalue weighted by atomic mass is 16.5. The normalized spacial score (nSPS) is 19.1. The summed E-state index contributed by atoms with van der Waals surface area (Å²) in [6.45, 7) is 8.05. The molecule has 0 aliphatic carbocycles. The zero-order chi connectivity index (χ0) is 16.1. The van der Waals surface area contributed by atoms with Crippen LogP contribution in [0.15, 0.2) is 24.4 Å². The molecule has 5 heteroatoms. The molecule has 0 saturated carbocycles. The number of nitrogens with one attached hydrogen (secondary N) is 1. The van der Waals surface area contributed by atoms with Crippen molar-refractivity contribution in [2.45, 2.75) is 45.8 Å². The topological polar surface area (TPSA) is 54.0 Å². The number of aromatic nitrogens is 3. The number of H-pyrrole nitrogens is 1. The van der Waals surface area contributed by atoms with E-state index in [1.165, 1.54) is 24.2 Å². The minimum Gasteiger partial charge on any atom is -0.371 e. The van der Waals surface area contributed by atoms with Crippen LogP contribution in [-0.2, 0) is 17.8 Å². The van der Waals surface area contributed by atoms with Gasteiger partial charge in [-0.25, -0.2) is 0 Å². The fourth-order valence-corrected chi connectivity index (χ4v) is 3.25. The van der Waals surface area contributed by atoms with Gasteiger partial charge in [0.1, 0.15) is 0 Å². The van der Waals surface area contributed by atoms with Crippen molar-refractivity contribution in [3.05, 3.63) is 47.0 Å². The molecule has 23 heavy (non-hydrogen) atoms. The molecule has 5 nitrogen and oxygen atoms in total. The van der Waals surface area contributed by atoms with Crippen molar-refractivity contribution in [3.63, 3.8) is 0 Å². The summed E-state index contributed by atoms with van der Waals surface area (Å²) >= 11 is 0. The summed E-state index contributed by atoms with van der Waals surface area (Å²) < 4.78 is 6.06. The van der Waals surface area contributed by atoms with Crippen LogP contribution >= 0.6 is 0 Å². The first-order chi connectivity index (χ1) is 11.2. The van der Waals surface area contributed by atoms with Gasteiger partial charge >= 0.3 is 0 Å². The van der Waals surface area contributed by atoms with Crippen LogP contribution in [-0.4, -0.2) is 45.8 Å². The maximum atomic E-state index is 6.06. The Morgan fingerprint density at radius 1 is 1.35 bits per heavy atom. The molecule has 1 N–H and O–H groups in total. The number of rotatable bonds is 6. The Balaban J connectivity index is 1.46. The first-order valence-corrected chi connectivity index (χ1v) is 8.46. The summed E-state index contributed by atoms with van der Waals surface area (Å²) in [5, 5.41) is 7.35. The van der Waals surface area contributed by atoms with Crippen LogP contribution in [0.5, 0.6) is 0 Å². The average Bonchev–Trinajstić information content (AvgIpc) is 2.91. The Bertz CT molecular complexity index is 591. The van der Waals surface area contributed by atoms with Gasteiger partial charge in [0, 0.05) is 25.0 Å². The lowest BCUT2D eigenvalue weighted by Crippen LogP contribution is -2.40. The number of nitrogens with zero attached hydrogens (tertiary/aromatic N) is 3. The standard InChI is InChI=1S/C18H26N4O/c1-14-18(15(2)21-20-14)8-11-22-10-5-7-17(12-22)23-13-16-6-3-4-9-19-16/h3-4,6,9,17H,5,7-8,10-13H2,1-2H3,(H,20,21)/t17-/m1/s1. The lowest BCUT2D eigenvalue weighted by molar-refractivity contribution is -0.0109. The molecule has 1 atom stereocenters. The SMILES string of the molecule is Cc1n[nH]c(C)c1CCN1CCC[C@@H](OCc2ccccn2)C1. The van der Waals surface area contributed by atoms with Crippen LogP contribution in [0.4, 0.5) is 0 Å². The quantitative estimate of drug-likeness (QED) is 0.890. The second kappa shape index (κ2) is 7.70. The third kappa shape index (κ3) is 4.39. The van der Waals surface area contributed by atoms with Crippen LogP contribution in [0.25, 0.3) is 0 Å². The fraction of sp³-hybridized carbons (Fsp3) is 0.556. The molecule has 0 bridgehead atoms. The lowest BCUT2D eigenvalue weighted by Gasteiger charge is -2.32. The lowest BCUT2D eigenvalue weighted by atomic mass is 10.1. The molecule has 0 unspecified atom stereocenters. The van der Waals surface area contributed by atoms with Gasteiger partial charge in [-0.1, -0.05) is 6.07 Å². The number of piperidine rings is 1. The van der Waals surface area contributed by atoms with E-state index in [1.807, 2.05) is 24.4 Å². The molecule has 0 spiro atoms. The number of pyridine rings is 1. The molecule has 2 aromatic rings. The van der Waals surface area contributed by atoms with Crippen molar-refractivity contribution in [1.82, 2.24) is 20.1 Å². The van der Waals surface area contributed by atoms with Crippen molar-refractivity contribution in [2.24, 2.45) is 0 Å². The third-order valence-corrected chi connectivity index (χ3v) is 4.61. The first kappa shape index (κ1) is 16.1. The van der Waals surface area contributed by atoms with E-state index in [-0.39, 0.29) is 0 Å². The molecule has 1 aliphatic heterocycles. The van der Waals surface area contributed by atoms with Crippen LogP contribution in [0.1, 0.15) is 35.5 Å². The fourth-order valence-electron chi connectivity index (χ4n) is 3.25. The number of hydrogen-bond acceptors (Lipinski definition) is 4. The number of ether oxygens (including phenoxy) is 1. The number of likely N-dealkylation sites (tertiary alicyclic amines) is 1. The van der Waals surface area contributed by atoms with Crippen LogP contribution in [0.2, 0.25) is 0 Å². The molecular formula is C18H26N4O. The highest BCUT2D eigenvalue weighted by molar-refractivity contribution is 5.23. The van der Waals surface area contributed by atoms with Gasteiger partial charge in [0.05, 0.1) is 24.1 Å². The summed E-state index contributed by atoms with van der Waals surface area (Å²) in [5.41, 5.74) is 4.70. The van der Waals surface area contributed by atoms with E-state index in [9.17, 15) is 0 Å². The van der Waals surface area contributed by atoms with Crippen molar-refractivity contribution >= 4 is 0 Å². The van der Waals surface area contributed by atoms with E-state index in [0.29, 0.717) is 12.7 Å². The Morgan fingerprint density at radius 2 is 2.26 bits per heavy atom. The van der Waals surface area contributed by atoms with Gasteiger partial charge in [-0.2, -0.15) is 5.10 Å². The Labute approximate surface area is 138 Å². The summed E-state index contributed by atoms with van der Waals surface area (Å²) in [5.74, 6) is 0. The van der Waals surface area contributed by atoms with Crippen molar-refractivity contribution in [2.75, 3.05) is 19.6 Å². The molecule has 3 heterocycles. The van der Waals surface area contributed by atoms with Gasteiger partial charge < -0.3 is 9.64 Å². The Hall–Kier alpha value is -1.72. The molecule has 0 radical (unpaired) electrons. The maximum absolute atomic E-state index is 6.06. The largest absolute Gasteiger partial charge is 0.371 e. The molecule has 2 aromatic heterocycles. The molecule has 124 valence electrons. The Kier molecular flexibility index (Phi) is 5.41. The third-order valence-electron chi connectivity index (χ3n) is 4.61.